The lowest BCUT2D eigenvalue weighted by atomic mass is 9.75. The van der Waals surface area contributed by atoms with Gasteiger partial charge in [0.2, 0.25) is 11.8 Å². The van der Waals surface area contributed by atoms with Crippen LogP contribution in [0.5, 0.6) is 0 Å². The number of rotatable bonds is 10. The molecule has 2 heterocycles. The molecule has 38 heavy (non-hydrogen) atoms. The van der Waals surface area contributed by atoms with Gasteiger partial charge in [-0.1, -0.05) is 25.0 Å². The molecule has 9 heteroatoms. The SMILES string of the molecule is CC(=O)NC(CCCCB1OC(C)(C)C(C)(C)O1)(C(=O)NC(C)(C)C)C1CCN(Cc2ccc(F)cc2)C1. The zero-order valence-electron chi connectivity index (χ0n) is 24.6. The van der Waals surface area contributed by atoms with E-state index in [9.17, 15) is 14.0 Å². The molecule has 0 bridgehead atoms. The molecule has 2 fully saturated rings. The van der Waals surface area contributed by atoms with Gasteiger partial charge in [-0.3, -0.25) is 14.5 Å². The van der Waals surface area contributed by atoms with Crippen molar-refractivity contribution in [3.8, 4) is 0 Å². The number of amides is 2. The van der Waals surface area contributed by atoms with Crippen molar-refractivity contribution in [2.75, 3.05) is 13.1 Å². The van der Waals surface area contributed by atoms with Crippen LogP contribution in [0.3, 0.4) is 0 Å². The van der Waals surface area contributed by atoms with Crippen LogP contribution in [0.1, 0.15) is 86.6 Å². The van der Waals surface area contributed by atoms with Crippen molar-refractivity contribution >= 4 is 18.9 Å². The summed E-state index contributed by atoms with van der Waals surface area (Å²) in [5.74, 6) is -0.649. The van der Waals surface area contributed by atoms with Gasteiger partial charge in [0.05, 0.1) is 11.2 Å². The summed E-state index contributed by atoms with van der Waals surface area (Å²) in [6.07, 6.45) is 3.61. The average Bonchev–Trinajstić information content (AvgIpc) is 3.31. The van der Waals surface area contributed by atoms with Gasteiger partial charge in [0.25, 0.3) is 0 Å². The van der Waals surface area contributed by atoms with Gasteiger partial charge in [-0.2, -0.15) is 0 Å². The van der Waals surface area contributed by atoms with Crippen LogP contribution < -0.4 is 10.6 Å². The summed E-state index contributed by atoms with van der Waals surface area (Å²) in [5, 5.41) is 6.27. The van der Waals surface area contributed by atoms with Gasteiger partial charge in [-0.15, -0.1) is 0 Å². The van der Waals surface area contributed by atoms with Gasteiger partial charge in [-0.05, 0) is 91.9 Å². The first kappa shape index (κ1) is 30.6. The Morgan fingerprint density at radius 2 is 1.66 bits per heavy atom. The molecule has 0 saturated carbocycles. The van der Waals surface area contributed by atoms with E-state index in [0.717, 1.165) is 37.7 Å². The summed E-state index contributed by atoms with van der Waals surface area (Å²) < 4.78 is 25.7. The molecule has 1 aromatic carbocycles. The molecule has 0 aromatic heterocycles. The quantitative estimate of drug-likeness (QED) is 0.338. The maximum Gasteiger partial charge on any atom is 0.457 e. The van der Waals surface area contributed by atoms with E-state index in [1.54, 1.807) is 12.1 Å². The van der Waals surface area contributed by atoms with Gasteiger partial charge in [0.1, 0.15) is 11.4 Å². The molecule has 1 aromatic rings. The molecule has 2 aliphatic rings. The van der Waals surface area contributed by atoms with E-state index in [0.29, 0.717) is 19.5 Å². The van der Waals surface area contributed by atoms with Gasteiger partial charge < -0.3 is 19.9 Å². The van der Waals surface area contributed by atoms with Crippen LogP contribution >= 0.6 is 0 Å². The minimum Gasteiger partial charge on any atom is -0.403 e. The number of hydrogen-bond donors (Lipinski definition) is 2. The Hall–Kier alpha value is -1.97. The minimum atomic E-state index is -1.02. The largest absolute Gasteiger partial charge is 0.457 e. The Kier molecular flexibility index (Phi) is 9.37. The summed E-state index contributed by atoms with van der Waals surface area (Å²) in [7, 11) is -0.281. The van der Waals surface area contributed by atoms with Crippen LogP contribution in [-0.4, -0.2) is 59.2 Å². The highest BCUT2D eigenvalue weighted by Gasteiger charge is 2.51. The van der Waals surface area contributed by atoms with Crippen LogP contribution in [-0.2, 0) is 25.4 Å². The normalized spacial score (nSPS) is 22.8. The first-order valence-corrected chi connectivity index (χ1v) is 14.0. The van der Waals surface area contributed by atoms with Gasteiger partial charge >= 0.3 is 7.12 Å². The third-order valence-corrected chi connectivity index (χ3v) is 8.14. The molecule has 212 valence electrons. The number of halogens is 1. The molecule has 2 atom stereocenters. The van der Waals surface area contributed by atoms with E-state index in [1.165, 1.54) is 19.1 Å². The molecule has 2 aliphatic heterocycles. The fourth-order valence-electron chi connectivity index (χ4n) is 5.51. The summed E-state index contributed by atoms with van der Waals surface area (Å²) >= 11 is 0. The topological polar surface area (TPSA) is 79.9 Å². The molecule has 0 aliphatic carbocycles. The molecule has 2 saturated heterocycles. The predicted octanol–water partition coefficient (Wildman–Crippen LogP) is 4.70. The van der Waals surface area contributed by atoms with Gasteiger partial charge in [-0.25, -0.2) is 4.39 Å². The lowest BCUT2D eigenvalue weighted by molar-refractivity contribution is -0.137. The van der Waals surface area contributed by atoms with Crippen LogP contribution in [0, 0.1) is 11.7 Å². The van der Waals surface area contributed by atoms with Crippen molar-refractivity contribution in [3.05, 3.63) is 35.6 Å². The maximum atomic E-state index is 13.9. The molecule has 2 N–H and O–H groups in total. The highest BCUT2D eigenvalue weighted by Crippen LogP contribution is 2.39. The second-order valence-electron chi connectivity index (χ2n) is 13.1. The third kappa shape index (κ3) is 7.57. The predicted molar refractivity (Wildman–Crippen MR) is 149 cm³/mol. The van der Waals surface area contributed by atoms with E-state index in [2.05, 4.69) is 15.5 Å². The Labute approximate surface area is 228 Å². The monoisotopic (exact) mass is 531 g/mol. The van der Waals surface area contributed by atoms with E-state index in [4.69, 9.17) is 9.31 Å². The molecular weight excluding hydrogens is 484 g/mol. The summed E-state index contributed by atoms with van der Waals surface area (Å²) in [6, 6.07) is 6.54. The Morgan fingerprint density at radius 1 is 1.05 bits per heavy atom. The molecular formula is C29H47BFN3O4. The molecule has 3 rings (SSSR count). The Bertz CT molecular complexity index is 963. The second kappa shape index (κ2) is 11.6. The van der Waals surface area contributed by atoms with Crippen LogP contribution in [0.2, 0.25) is 6.32 Å². The summed E-state index contributed by atoms with van der Waals surface area (Å²) in [5.41, 5.74) is -1.18. The molecule has 0 spiro atoms. The summed E-state index contributed by atoms with van der Waals surface area (Å²) in [6.45, 7) is 17.7. The highest BCUT2D eigenvalue weighted by molar-refractivity contribution is 6.45. The second-order valence-corrected chi connectivity index (χ2v) is 13.1. The van der Waals surface area contributed by atoms with Gasteiger partial charge in [0, 0.05) is 31.5 Å². The molecule has 2 unspecified atom stereocenters. The number of nitrogens with zero attached hydrogens (tertiary/aromatic N) is 1. The van der Waals surface area contributed by atoms with Crippen molar-refractivity contribution in [2.24, 2.45) is 5.92 Å². The lowest BCUT2D eigenvalue weighted by Gasteiger charge is -2.40. The van der Waals surface area contributed by atoms with E-state index >= 15 is 0 Å². The zero-order valence-corrected chi connectivity index (χ0v) is 24.6. The number of carbonyl (C=O) groups is 2. The third-order valence-electron chi connectivity index (χ3n) is 8.14. The lowest BCUT2D eigenvalue weighted by Crippen LogP contribution is -2.65. The average molecular weight is 532 g/mol. The summed E-state index contributed by atoms with van der Waals surface area (Å²) in [4.78, 5) is 28.7. The fourth-order valence-corrected chi connectivity index (χ4v) is 5.51. The van der Waals surface area contributed by atoms with Crippen molar-refractivity contribution in [3.63, 3.8) is 0 Å². The molecule has 7 nitrogen and oxygen atoms in total. The van der Waals surface area contributed by atoms with E-state index in [1.807, 2.05) is 48.5 Å². The fraction of sp³-hybridized carbons (Fsp3) is 0.724. The standard InChI is InChI=1S/C29H47BFN3O4/c1-21(35)32-29(25(36)33-26(2,3)4,16-9-10-17-30-37-27(5,6)28(7,8)38-30)23-15-18-34(20-23)19-22-11-13-24(31)14-12-22/h11-14,23H,9-10,15-20H2,1-8H3,(H,32,35)(H,33,36). The smallest absolute Gasteiger partial charge is 0.403 e. The minimum absolute atomic E-state index is 0.0500. The first-order chi connectivity index (χ1) is 17.5. The number of nitrogens with one attached hydrogen (secondary N) is 2. The van der Waals surface area contributed by atoms with E-state index < -0.39 is 11.1 Å². The Morgan fingerprint density at radius 3 is 2.21 bits per heavy atom. The zero-order chi connectivity index (χ0) is 28.4. The first-order valence-electron chi connectivity index (χ1n) is 14.0. The van der Waals surface area contributed by atoms with Crippen molar-refractivity contribution in [1.82, 2.24) is 15.5 Å². The number of hydrogen-bond acceptors (Lipinski definition) is 5. The van der Waals surface area contributed by atoms with Crippen LogP contribution in [0.4, 0.5) is 4.39 Å². The van der Waals surface area contributed by atoms with Crippen LogP contribution in [0.25, 0.3) is 0 Å². The molecule has 2 amide bonds. The van der Waals surface area contributed by atoms with Crippen molar-refractivity contribution < 1.29 is 23.3 Å². The highest BCUT2D eigenvalue weighted by atomic mass is 19.1. The maximum absolute atomic E-state index is 13.9. The van der Waals surface area contributed by atoms with Crippen molar-refractivity contribution in [2.45, 2.75) is 116 Å². The Balaban J connectivity index is 1.73. The van der Waals surface area contributed by atoms with E-state index in [-0.39, 0.29) is 41.9 Å². The van der Waals surface area contributed by atoms with Crippen LogP contribution in [0.15, 0.2) is 24.3 Å². The van der Waals surface area contributed by atoms with Gasteiger partial charge in [0.15, 0.2) is 0 Å². The number of likely N-dealkylation sites (tertiary alicyclic amines) is 1. The number of carbonyl (C=O) groups excluding carboxylic acids is 2. The number of unbranched alkanes of at least 4 members (excludes halogenated alkanes) is 1. The molecule has 0 radical (unpaired) electrons. The number of benzene rings is 1. The van der Waals surface area contributed by atoms with Crippen molar-refractivity contribution in [1.29, 1.82) is 0 Å².